The number of hydrogen-bond donors (Lipinski definition) is 0. The van der Waals surface area contributed by atoms with Crippen molar-refractivity contribution in [1.29, 1.82) is 0 Å². The lowest BCUT2D eigenvalue weighted by Gasteiger charge is -2.28. The summed E-state index contributed by atoms with van der Waals surface area (Å²) in [5, 5.41) is 2.25. The molecule has 0 saturated carbocycles. The largest absolute Gasteiger partial charge is 0.456 e. The Kier molecular flexibility index (Phi) is 7.61. The lowest BCUT2D eigenvalue weighted by atomic mass is 9.73. The minimum Gasteiger partial charge on any atom is -0.456 e. The van der Waals surface area contributed by atoms with E-state index >= 15 is 0 Å². The van der Waals surface area contributed by atoms with Crippen LogP contribution >= 0.6 is 0 Å². The van der Waals surface area contributed by atoms with Gasteiger partial charge in [-0.25, -0.2) is 9.97 Å². The Balaban J connectivity index is 1.04. The molecule has 0 spiro atoms. The van der Waals surface area contributed by atoms with Crippen LogP contribution in [-0.2, 0) is 5.41 Å². The molecule has 0 N–H and O–H groups in total. The van der Waals surface area contributed by atoms with Gasteiger partial charge < -0.3 is 4.42 Å². The molecule has 3 heteroatoms. The number of nitrogens with zero attached hydrogens (tertiary/aromatic N) is 2. The number of para-hydroxylation sites is 1. The lowest BCUT2D eigenvalue weighted by Crippen LogP contribution is -2.22. The van der Waals surface area contributed by atoms with E-state index in [4.69, 9.17) is 14.4 Å². The molecule has 2 aromatic heterocycles. The first-order valence-corrected chi connectivity index (χ1v) is 19.5. The summed E-state index contributed by atoms with van der Waals surface area (Å²) in [4.78, 5) is 10.4. The van der Waals surface area contributed by atoms with Crippen molar-refractivity contribution in [1.82, 2.24) is 9.97 Å². The molecule has 0 radical (unpaired) electrons. The molecule has 11 rings (SSSR count). The zero-order chi connectivity index (χ0) is 37.9. The van der Waals surface area contributed by atoms with Gasteiger partial charge in [0, 0.05) is 32.9 Å². The topological polar surface area (TPSA) is 38.9 Å². The van der Waals surface area contributed by atoms with Gasteiger partial charge in [0.15, 0.2) is 5.82 Å². The van der Waals surface area contributed by atoms with Crippen LogP contribution in [0.1, 0.15) is 23.6 Å². The highest BCUT2D eigenvalue weighted by Crippen LogP contribution is 2.55. The van der Waals surface area contributed by atoms with E-state index in [0.717, 1.165) is 61.1 Å². The van der Waals surface area contributed by atoms with E-state index in [-0.39, 0.29) is 5.41 Å². The molecule has 1 aliphatic carbocycles. The predicted octanol–water partition coefficient (Wildman–Crippen LogP) is 14.0. The monoisotopic (exact) mass is 728 g/mol. The lowest BCUT2D eigenvalue weighted by molar-refractivity contribution is 0.669. The fourth-order valence-electron chi connectivity index (χ4n) is 8.88. The van der Waals surface area contributed by atoms with E-state index in [1.807, 2.05) is 30.3 Å². The minimum atomic E-state index is -0.369. The molecule has 1 atom stereocenters. The molecule has 3 nitrogen and oxygen atoms in total. The van der Waals surface area contributed by atoms with Crippen LogP contribution in [0.5, 0.6) is 0 Å². The van der Waals surface area contributed by atoms with Gasteiger partial charge in [-0.05, 0) is 87.3 Å². The molecule has 8 aromatic carbocycles. The van der Waals surface area contributed by atoms with Gasteiger partial charge in [-0.15, -0.1) is 0 Å². The summed E-state index contributed by atoms with van der Waals surface area (Å²) < 4.78 is 6.10. The average Bonchev–Trinajstić information content (AvgIpc) is 3.79. The Labute approximate surface area is 331 Å². The number of hydrogen-bond acceptors (Lipinski definition) is 3. The SMILES string of the molecule is CC1(c2ccccc2)c2cc(-c3cc(-c4ccc(-c5ccc6oc7ccccc7c6c5)cc4)nc(-c4ccccc4)n3)ccc2-c2c(-c3ccccc3)cccc21. The van der Waals surface area contributed by atoms with Gasteiger partial charge >= 0.3 is 0 Å². The molecule has 0 amide bonds. The molecule has 0 bridgehead atoms. The van der Waals surface area contributed by atoms with Gasteiger partial charge in [0.25, 0.3) is 0 Å². The van der Waals surface area contributed by atoms with E-state index in [0.29, 0.717) is 5.82 Å². The van der Waals surface area contributed by atoms with E-state index in [9.17, 15) is 0 Å². The van der Waals surface area contributed by atoms with Gasteiger partial charge in [-0.2, -0.15) is 0 Å². The Morgan fingerprint density at radius 3 is 1.77 bits per heavy atom. The van der Waals surface area contributed by atoms with Crippen LogP contribution in [0.15, 0.2) is 205 Å². The molecule has 268 valence electrons. The van der Waals surface area contributed by atoms with Crippen molar-refractivity contribution in [2.75, 3.05) is 0 Å². The smallest absolute Gasteiger partial charge is 0.160 e. The first-order valence-electron chi connectivity index (χ1n) is 19.5. The molecule has 0 saturated heterocycles. The highest BCUT2D eigenvalue weighted by Gasteiger charge is 2.42. The second kappa shape index (κ2) is 13.1. The Hall–Kier alpha value is -7.36. The van der Waals surface area contributed by atoms with Crippen LogP contribution in [0.4, 0.5) is 0 Å². The predicted molar refractivity (Wildman–Crippen MR) is 234 cm³/mol. The van der Waals surface area contributed by atoms with Gasteiger partial charge in [-0.3, -0.25) is 0 Å². The maximum Gasteiger partial charge on any atom is 0.160 e. The number of furan rings is 1. The Morgan fingerprint density at radius 2 is 1.00 bits per heavy atom. The molecule has 1 aliphatic rings. The van der Waals surface area contributed by atoms with Gasteiger partial charge in [0.1, 0.15) is 11.2 Å². The average molecular weight is 729 g/mol. The molecule has 2 heterocycles. The number of benzene rings is 8. The third kappa shape index (κ3) is 5.43. The number of rotatable bonds is 6. The number of fused-ring (bicyclic) bond motifs is 6. The first-order chi connectivity index (χ1) is 28.1. The van der Waals surface area contributed by atoms with Crippen molar-refractivity contribution >= 4 is 21.9 Å². The highest BCUT2D eigenvalue weighted by atomic mass is 16.3. The maximum atomic E-state index is 6.10. The quantitative estimate of drug-likeness (QED) is 0.171. The third-order valence-electron chi connectivity index (χ3n) is 11.8. The highest BCUT2D eigenvalue weighted by molar-refractivity contribution is 6.06. The summed E-state index contributed by atoms with van der Waals surface area (Å²) in [5.41, 5.74) is 17.4. The van der Waals surface area contributed by atoms with E-state index in [1.54, 1.807) is 0 Å². The molecule has 57 heavy (non-hydrogen) atoms. The van der Waals surface area contributed by atoms with Crippen LogP contribution in [0.25, 0.3) is 89.2 Å². The van der Waals surface area contributed by atoms with Crippen molar-refractivity contribution in [3.8, 4) is 67.3 Å². The van der Waals surface area contributed by atoms with Crippen LogP contribution in [0, 0.1) is 0 Å². The van der Waals surface area contributed by atoms with Gasteiger partial charge in [0.05, 0.1) is 11.4 Å². The summed E-state index contributed by atoms with van der Waals surface area (Å²) in [6.45, 7) is 2.38. The van der Waals surface area contributed by atoms with Crippen molar-refractivity contribution in [2.24, 2.45) is 0 Å². The van der Waals surface area contributed by atoms with E-state index in [1.165, 1.54) is 38.9 Å². The van der Waals surface area contributed by atoms with Crippen LogP contribution in [-0.4, -0.2) is 9.97 Å². The maximum absolute atomic E-state index is 6.10. The standard InChI is InChI=1S/C54H36N2O/c1-54(41-18-9-4-10-19-41)46-22-13-21-42(36-14-5-2-6-15-36)52(46)44-30-28-40(33-47(44)54)49-34-48(55-53(56-49)38-16-7-3-8-17-38)37-26-24-35(25-27-37)39-29-31-51-45(32-39)43-20-11-12-23-50(43)57-51/h2-34H,1H3. The second-order valence-corrected chi connectivity index (χ2v) is 15.1. The summed E-state index contributed by atoms with van der Waals surface area (Å²) in [6, 6.07) is 71.1. The van der Waals surface area contributed by atoms with Crippen molar-refractivity contribution in [3.05, 3.63) is 217 Å². The third-order valence-corrected chi connectivity index (χ3v) is 11.8. The second-order valence-electron chi connectivity index (χ2n) is 15.1. The van der Waals surface area contributed by atoms with Crippen molar-refractivity contribution < 1.29 is 4.42 Å². The summed E-state index contributed by atoms with van der Waals surface area (Å²) in [6.07, 6.45) is 0. The van der Waals surface area contributed by atoms with E-state index < -0.39 is 0 Å². The van der Waals surface area contributed by atoms with E-state index in [2.05, 4.69) is 177 Å². The normalized spacial score (nSPS) is 14.5. The zero-order valence-corrected chi connectivity index (χ0v) is 31.4. The Morgan fingerprint density at radius 1 is 0.386 bits per heavy atom. The summed E-state index contributed by atoms with van der Waals surface area (Å²) in [7, 11) is 0. The molecule has 1 unspecified atom stereocenters. The van der Waals surface area contributed by atoms with Crippen LogP contribution < -0.4 is 0 Å². The molecule has 10 aromatic rings. The molecule has 0 aliphatic heterocycles. The first kappa shape index (κ1) is 33.0. The number of aromatic nitrogens is 2. The fourth-order valence-corrected chi connectivity index (χ4v) is 8.88. The van der Waals surface area contributed by atoms with Crippen LogP contribution in [0.2, 0.25) is 0 Å². The van der Waals surface area contributed by atoms with Crippen molar-refractivity contribution in [2.45, 2.75) is 12.3 Å². The van der Waals surface area contributed by atoms with Gasteiger partial charge in [-0.1, -0.05) is 170 Å². The molecular weight excluding hydrogens is 693 g/mol. The summed E-state index contributed by atoms with van der Waals surface area (Å²) in [5.74, 6) is 0.699. The Bertz CT molecular complexity index is 3110. The zero-order valence-electron chi connectivity index (χ0n) is 31.4. The molecular formula is C54H36N2O. The summed E-state index contributed by atoms with van der Waals surface area (Å²) >= 11 is 0. The fraction of sp³-hybridized carbons (Fsp3) is 0.0370. The van der Waals surface area contributed by atoms with Crippen LogP contribution in [0.3, 0.4) is 0 Å². The minimum absolute atomic E-state index is 0.369. The molecule has 0 fully saturated rings. The van der Waals surface area contributed by atoms with Gasteiger partial charge in [0.2, 0.25) is 0 Å². The van der Waals surface area contributed by atoms with Crippen molar-refractivity contribution in [3.63, 3.8) is 0 Å².